The molecule has 0 unspecified atom stereocenters. The van der Waals surface area contributed by atoms with E-state index in [4.69, 9.17) is 0 Å². The van der Waals surface area contributed by atoms with Crippen LogP contribution in [0.4, 0.5) is 5.69 Å². The fraction of sp³-hybridized carbons (Fsp3) is 0.538. The van der Waals surface area contributed by atoms with Crippen molar-refractivity contribution in [1.82, 2.24) is 9.80 Å². The highest BCUT2D eigenvalue weighted by molar-refractivity contribution is 5.44. The van der Waals surface area contributed by atoms with Gasteiger partial charge >= 0.3 is 0 Å². The molecule has 1 aliphatic heterocycles. The maximum Gasteiger partial charge on any atom is 0.272 e. The van der Waals surface area contributed by atoms with Gasteiger partial charge in [0, 0.05) is 44.4 Å². The van der Waals surface area contributed by atoms with Crippen LogP contribution in [-0.2, 0) is 6.54 Å². The van der Waals surface area contributed by atoms with E-state index in [0.29, 0.717) is 0 Å². The molecule has 0 aliphatic carbocycles. The minimum Gasteiger partial charge on any atom is -0.304 e. The van der Waals surface area contributed by atoms with E-state index in [-0.39, 0.29) is 10.6 Å². The molecule has 0 saturated carbocycles. The molecular weight excluding hydrogens is 230 g/mol. The molecule has 5 nitrogen and oxygen atoms in total. The fourth-order valence-corrected chi connectivity index (χ4v) is 2.29. The fourth-order valence-electron chi connectivity index (χ4n) is 2.29. The summed E-state index contributed by atoms with van der Waals surface area (Å²) in [6.45, 7) is 6.82. The van der Waals surface area contributed by atoms with Crippen LogP contribution in [0.1, 0.15) is 11.1 Å². The molecule has 18 heavy (non-hydrogen) atoms. The van der Waals surface area contributed by atoms with Crippen molar-refractivity contribution in [2.24, 2.45) is 0 Å². The van der Waals surface area contributed by atoms with Crippen LogP contribution in [-0.4, -0.2) is 47.9 Å². The highest BCUT2D eigenvalue weighted by atomic mass is 16.6. The Kier molecular flexibility index (Phi) is 3.93. The van der Waals surface area contributed by atoms with Gasteiger partial charge in [-0.3, -0.25) is 15.0 Å². The maximum absolute atomic E-state index is 10.9. The minimum atomic E-state index is -0.303. The molecule has 1 aromatic rings. The zero-order valence-electron chi connectivity index (χ0n) is 10.9. The van der Waals surface area contributed by atoms with Crippen LogP contribution in [0.2, 0.25) is 0 Å². The Balaban J connectivity index is 2.10. The van der Waals surface area contributed by atoms with Gasteiger partial charge in [-0.2, -0.15) is 0 Å². The lowest BCUT2D eigenvalue weighted by Gasteiger charge is -2.32. The first-order valence-electron chi connectivity index (χ1n) is 6.21. The van der Waals surface area contributed by atoms with Crippen molar-refractivity contribution < 1.29 is 4.92 Å². The monoisotopic (exact) mass is 249 g/mol. The molecule has 5 heteroatoms. The molecule has 0 bridgehead atoms. The number of rotatable bonds is 3. The highest BCUT2D eigenvalue weighted by Gasteiger charge is 2.18. The molecule has 0 radical (unpaired) electrons. The minimum absolute atomic E-state index is 0.224. The van der Waals surface area contributed by atoms with Gasteiger partial charge in [-0.25, -0.2) is 0 Å². The number of benzene rings is 1. The molecule has 1 fully saturated rings. The van der Waals surface area contributed by atoms with E-state index in [1.165, 1.54) is 0 Å². The summed E-state index contributed by atoms with van der Waals surface area (Å²) in [5.41, 5.74) is 2.08. The van der Waals surface area contributed by atoms with Crippen molar-refractivity contribution >= 4 is 5.69 Å². The molecule has 0 atom stereocenters. The summed E-state index contributed by atoms with van der Waals surface area (Å²) in [5, 5.41) is 10.9. The van der Waals surface area contributed by atoms with Gasteiger partial charge in [-0.1, -0.05) is 12.1 Å². The molecular formula is C13H19N3O2. The second-order valence-electron chi connectivity index (χ2n) is 4.90. The van der Waals surface area contributed by atoms with Gasteiger partial charge < -0.3 is 4.90 Å². The second-order valence-corrected chi connectivity index (χ2v) is 4.90. The number of likely N-dealkylation sites (N-methyl/N-ethyl adjacent to an activating group) is 1. The average Bonchev–Trinajstić information content (AvgIpc) is 2.34. The third-order valence-corrected chi connectivity index (χ3v) is 3.60. The number of hydrogen-bond acceptors (Lipinski definition) is 4. The summed E-state index contributed by atoms with van der Waals surface area (Å²) < 4.78 is 0. The van der Waals surface area contributed by atoms with Gasteiger partial charge in [0.15, 0.2) is 0 Å². The summed E-state index contributed by atoms with van der Waals surface area (Å²) in [5.74, 6) is 0. The molecule has 0 aromatic heterocycles. The third kappa shape index (κ3) is 2.86. The number of nitrogens with zero attached hydrogens (tertiary/aromatic N) is 3. The van der Waals surface area contributed by atoms with Crippen molar-refractivity contribution in [2.45, 2.75) is 13.5 Å². The first kappa shape index (κ1) is 13.0. The lowest BCUT2D eigenvalue weighted by molar-refractivity contribution is -0.385. The van der Waals surface area contributed by atoms with Gasteiger partial charge in [0.25, 0.3) is 5.69 Å². The lowest BCUT2D eigenvalue weighted by atomic mass is 10.1. The third-order valence-electron chi connectivity index (χ3n) is 3.60. The average molecular weight is 249 g/mol. The Morgan fingerprint density at radius 2 is 1.94 bits per heavy atom. The molecule has 1 aromatic carbocycles. The number of piperazine rings is 1. The number of nitro benzene ring substituents is 1. The molecule has 2 rings (SSSR count). The van der Waals surface area contributed by atoms with Gasteiger partial charge in [0.1, 0.15) is 0 Å². The van der Waals surface area contributed by atoms with Crippen LogP contribution in [0.5, 0.6) is 0 Å². The predicted octanol–water partition coefficient (Wildman–Crippen LogP) is 1.65. The molecule has 1 heterocycles. The topological polar surface area (TPSA) is 49.6 Å². The van der Waals surface area contributed by atoms with Crippen molar-refractivity contribution in [3.05, 3.63) is 39.4 Å². The van der Waals surface area contributed by atoms with E-state index in [1.54, 1.807) is 12.1 Å². The van der Waals surface area contributed by atoms with Crippen LogP contribution in [0.25, 0.3) is 0 Å². The number of nitro groups is 1. The summed E-state index contributed by atoms with van der Waals surface area (Å²) >= 11 is 0. The predicted molar refractivity (Wildman–Crippen MR) is 70.6 cm³/mol. The van der Waals surface area contributed by atoms with E-state index >= 15 is 0 Å². The summed E-state index contributed by atoms with van der Waals surface area (Å²) in [6.07, 6.45) is 0. The molecule has 98 valence electrons. The van der Waals surface area contributed by atoms with Crippen LogP contribution < -0.4 is 0 Å². The molecule has 0 spiro atoms. The zero-order valence-corrected chi connectivity index (χ0v) is 10.9. The Hall–Kier alpha value is -1.46. The van der Waals surface area contributed by atoms with Crippen molar-refractivity contribution in [2.75, 3.05) is 33.2 Å². The first-order valence-corrected chi connectivity index (χ1v) is 6.21. The summed E-state index contributed by atoms with van der Waals surface area (Å²) in [6, 6.07) is 5.33. The molecule has 0 amide bonds. The first-order chi connectivity index (χ1) is 8.58. The Bertz CT molecular complexity index is 440. The maximum atomic E-state index is 10.9. The molecule has 0 N–H and O–H groups in total. The zero-order chi connectivity index (χ0) is 13.1. The van der Waals surface area contributed by atoms with Gasteiger partial charge in [-0.15, -0.1) is 0 Å². The summed E-state index contributed by atoms with van der Waals surface area (Å²) in [4.78, 5) is 15.2. The summed E-state index contributed by atoms with van der Waals surface area (Å²) in [7, 11) is 2.12. The van der Waals surface area contributed by atoms with E-state index in [0.717, 1.165) is 43.9 Å². The van der Waals surface area contributed by atoms with Crippen LogP contribution >= 0.6 is 0 Å². The Morgan fingerprint density at radius 1 is 1.28 bits per heavy atom. The standard InChI is InChI=1S/C13H19N3O2/c1-11-12(4-3-5-13(11)16(17)18)10-15-8-6-14(2)7-9-15/h3-5H,6-10H2,1-2H3. The molecule has 1 saturated heterocycles. The second kappa shape index (κ2) is 5.46. The quantitative estimate of drug-likeness (QED) is 0.603. The van der Waals surface area contributed by atoms with E-state index < -0.39 is 0 Å². The van der Waals surface area contributed by atoms with Gasteiger partial charge in [0.05, 0.1) is 4.92 Å². The van der Waals surface area contributed by atoms with Crippen LogP contribution in [0, 0.1) is 17.0 Å². The molecule has 1 aliphatic rings. The normalized spacial score (nSPS) is 17.9. The smallest absolute Gasteiger partial charge is 0.272 e. The van der Waals surface area contributed by atoms with Gasteiger partial charge in [0.2, 0.25) is 0 Å². The van der Waals surface area contributed by atoms with Crippen molar-refractivity contribution in [3.63, 3.8) is 0 Å². The van der Waals surface area contributed by atoms with Crippen molar-refractivity contribution in [3.8, 4) is 0 Å². The Morgan fingerprint density at radius 3 is 2.56 bits per heavy atom. The van der Waals surface area contributed by atoms with Gasteiger partial charge in [-0.05, 0) is 19.5 Å². The van der Waals surface area contributed by atoms with Crippen LogP contribution in [0.3, 0.4) is 0 Å². The number of hydrogen-bond donors (Lipinski definition) is 0. The Labute approximate surface area is 107 Å². The highest BCUT2D eigenvalue weighted by Crippen LogP contribution is 2.22. The SMILES string of the molecule is Cc1c(CN2CCN(C)CC2)cccc1[N+](=O)[O-]. The van der Waals surface area contributed by atoms with E-state index in [2.05, 4.69) is 16.8 Å². The van der Waals surface area contributed by atoms with E-state index in [1.807, 2.05) is 13.0 Å². The van der Waals surface area contributed by atoms with Crippen LogP contribution in [0.15, 0.2) is 18.2 Å². The lowest BCUT2D eigenvalue weighted by Crippen LogP contribution is -2.43. The largest absolute Gasteiger partial charge is 0.304 e. The van der Waals surface area contributed by atoms with Crippen molar-refractivity contribution in [1.29, 1.82) is 0 Å². The van der Waals surface area contributed by atoms with E-state index in [9.17, 15) is 10.1 Å².